The van der Waals surface area contributed by atoms with E-state index in [0.29, 0.717) is 5.92 Å². The Hall–Kier alpha value is -1.97. The van der Waals surface area contributed by atoms with Crippen molar-refractivity contribution in [1.29, 1.82) is 0 Å². The van der Waals surface area contributed by atoms with Crippen LogP contribution in [0.25, 0.3) is 0 Å². The Morgan fingerprint density at radius 3 is 3.17 bits per heavy atom. The summed E-state index contributed by atoms with van der Waals surface area (Å²) >= 11 is 0. The number of fused-ring (bicyclic) bond motifs is 1. The van der Waals surface area contributed by atoms with Crippen LogP contribution in [0.2, 0.25) is 0 Å². The lowest BCUT2D eigenvalue weighted by atomic mass is 9.97. The molecule has 1 aliphatic rings. The summed E-state index contributed by atoms with van der Waals surface area (Å²) in [4.78, 5) is 0. The zero-order chi connectivity index (χ0) is 12.5. The molecule has 1 N–H and O–H groups in total. The summed E-state index contributed by atoms with van der Waals surface area (Å²) in [6.45, 7) is 3.95. The monoisotopic (exact) mass is 243 g/mol. The molecule has 1 aromatic heterocycles. The Labute approximate surface area is 107 Å². The van der Waals surface area contributed by atoms with Crippen LogP contribution in [-0.4, -0.2) is 23.4 Å². The maximum atomic E-state index is 5.28. The molecule has 0 aliphatic carbocycles. The molecule has 4 nitrogen and oxygen atoms in total. The lowest BCUT2D eigenvalue weighted by Crippen LogP contribution is -2.26. The molecule has 0 amide bonds. The molecule has 0 bridgehead atoms. The van der Waals surface area contributed by atoms with Crippen molar-refractivity contribution in [3.8, 4) is 5.75 Å². The molecule has 3 rings (SSSR count). The highest BCUT2D eigenvalue weighted by Gasteiger charge is 2.21. The minimum Gasteiger partial charge on any atom is -0.497 e. The zero-order valence-electron chi connectivity index (χ0n) is 10.7. The third-order valence-electron chi connectivity index (χ3n) is 3.50. The summed E-state index contributed by atoms with van der Waals surface area (Å²) < 4.78 is 7.32. The molecule has 2 aromatic rings. The molecule has 1 aliphatic heterocycles. The van der Waals surface area contributed by atoms with E-state index >= 15 is 0 Å². The maximum absolute atomic E-state index is 5.28. The first kappa shape index (κ1) is 11.1. The highest BCUT2D eigenvalue weighted by molar-refractivity contribution is 5.46. The molecule has 2 heterocycles. The third kappa shape index (κ3) is 1.83. The number of hydrogen-bond acceptors (Lipinski definition) is 3. The van der Waals surface area contributed by atoms with Crippen LogP contribution in [0.15, 0.2) is 30.5 Å². The van der Waals surface area contributed by atoms with Crippen molar-refractivity contribution < 1.29 is 4.74 Å². The number of anilines is 1. The average molecular weight is 243 g/mol. The Kier molecular flexibility index (Phi) is 2.70. The summed E-state index contributed by atoms with van der Waals surface area (Å²) in [6, 6.07) is 8.27. The zero-order valence-corrected chi connectivity index (χ0v) is 10.7. The molecule has 0 fully saturated rings. The summed E-state index contributed by atoms with van der Waals surface area (Å²) in [6.07, 6.45) is 1.91. The molecule has 4 heteroatoms. The SMILES string of the molecule is COc1cccc(C2CNc3c(C)cnn3C2)c1. The van der Waals surface area contributed by atoms with Gasteiger partial charge >= 0.3 is 0 Å². The van der Waals surface area contributed by atoms with Crippen molar-refractivity contribution in [1.82, 2.24) is 9.78 Å². The Morgan fingerprint density at radius 1 is 1.44 bits per heavy atom. The van der Waals surface area contributed by atoms with Crippen molar-refractivity contribution in [3.05, 3.63) is 41.6 Å². The van der Waals surface area contributed by atoms with Gasteiger partial charge in [0.25, 0.3) is 0 Å². The number of aryl methyl sites for hydroxylation is 1. The fourth-order valence-corrected chi connectivity index (χ4v) is 2.46. The molecule has 94 valence electrons. The minimum atomic E-state index is 0.437. The molecule has 0 saturated heterocycles. The van der Waals surface area contributed by atoms with Gasteiger partial charge in [0.2, 0.25) is 0 Å². The quantitative estimate of drug-likeness (QED) is 0.880. The number of nitrogens with one attached hydrogen (secondary N) is 1. The number of ether oxygens (including phenoxy) is 1. The van der Waals surface area contributed by atoms with Gasteiger partial charge in [0, 0.05) is 18.0 Å². The van der Waals surface area contributed by atoms with Gasteiger partial charge in [-0.15, -0.1) is 0 Å². The first-order chi connectivity index (χ1) is 8.78. The van der Waals surface area contributed by atoms with Crippen molar-refractivity contribution >= 4 is 5.82 Å². The van der Waals surface area contributed by atoms with Gasteiger partial charge in [0.05, 0.1) is 19.9 Å². The van der Waals surface area contributed by atoms with Gasteiger partial charge in [-0.2, -0.15) is 5.10 Å². The van der Waals surface area contributed by atoms with Gasteiger partial charge in [-0.25, -0.2) is 4.68 Å². The van der Waals surface area contributed by atoms with Crippen LogP contribution in [0.3, 0.4) is 0 Å². The minimum absolute atomic E-state index is 0.437. The lowest BCUT2D eigenvalue weighted by Gasteiger charge is -2.26. The molecule has 0 radical (unpaired) electrons. The summed E-state index contributed by atoms with van der Waals surface area (Å²) in [5.41, 5.74) is 2.50. The average Bonchev–Trinajstić information content (AvgIpc) is 2.80. The predicted molar refractivity (Wildman–Crippen MR) is 71.2 cm³/mol. The second kappa shape index (κ2) is 4.37. The van der Waals surface area contributed by atoms with Crippen molar-refractivity contribution in [3.63, 3.8) is 0 Å². The van der Waals surface area contributed by atoms with Crippen molar-refractivity contribution in [2.75, 3.05) is 19.0 Å². The van der Waals surface area contributed by atoms with E-state index in [0.717, 1.165) is 24.7 Å². The number of aromatic nitrogens is 2. The maximum Gasteiger partial charge on any atom is 0.127 e. The first-order valence-electron chi connectivity index (χ1n) is 6.18. The Balaban J connectivity index is 1.87. The van der Waals surface area contributed by atoms with Crippen LogP contribution >= 0.6 is 0 Å². The standard InChI is InChI=1S/C14H17N3O/c1-10-7-16-17-9-12(8-15-14(10)17)11-4-3-5-13(6-11)18-2/h3-7,12,15H,8-9H2,1-2H3. The number of nitrogens with zero attached hydrogens (tertiary/aromatic N) is 2. The van der Waals surface area contributed by atoms with Gasteiger partial charge in [0.15, 0.2) is 0 Å². The number of methoxy groups -OCH3 is 1. The summed E-state index contributed by atoms with van der Waals surface area (Å²) in [7, 11) is 1.70. The van der Waals surface area contributed by atoms with E-state index in [1.807, 2.05) is 23.0 Å². The van der Waals surface area contributed by atoms with Crippen LogP contribution < -0.4 is 10.1 Å². The van der Waals surface area contributed by atoms with Crippen LogP contribution in [0.1, 0.15) is 17.0 Å². The van der Waals surface area contributed by atoms with E-state index in [4.69, 9.17) is 4.74 Å². The van der Waals surface area contributed by atoms with Gasteiger partial charge in [-0.1, -0.05) is 12.1 Å². The fraction of sp³-hybridized carbons (Fsp3) is 0.357. The molecule has 0 saturated carbocycles. The molecule has 18 heavy (non-hydrogen) atoms. The molecule has 1 atom stereocenters. The largest absolute Gasteiger partial charge is 0.497 e. The molecular weight excluding hydrogens is 226 g/mol. The van der Waals surface area contributed by atoms with E-state index in [1.165, 1.54) is 11.1 Å². The highest BCUT2D eigenvalue weighted by atomic mass is 16.5. The van der Waals surface area contributed by atoms with Gasteiger partial charge in [-0.05, 0) is 24.6 Å². The van der Waals surface area contributed by atoms with Gasteiger partial charge in [0.1, 0.15) is 11.6 Å². The molecule has 1 unspecified atom stereocenters. The van der Waals surface area contributed by atoms with Crippen molar-refractivity contribution in [2.45, 2.75) is 19.4 Å². The Morgan fingerprint density at radius 2 is 2.33 bits per heavy atom. The number of benzene rings is 1. The number of hydrogen-bond donors (Lipinski definition) is 1. The van der Waals surface area contributed by atoms with Crippen LogP contribution in [0.4, 0.5) is 5.82 Å². The normalized spacial score (nSPS) is 18.0. The van der Waals surface area contributed by atoms with E-state index in [9.17, 15) is 0 Å². The second-order valence-corrected chi connectivity index (χ2v) is 4.71. The van der Waals surface area contributed by atoms with E-state index in [1.54, 1.807) is 7.11 Å². The fourth-order valence-electron chi connectivity index (χ4n) is 2.46. The lowest BCUT2D eigenvalue weighted by molar-refractivity contribution is 0.413. The summed E-state index contributed by atoms with van der Waals surface area (Å²) in [5.74, 6) is 2.50. The van der Waals surface area contributed by atoms with Gasteiger partial charge in [-0.3, -0.25) is 0 Å². The molecular formula is C14H17N3O. The van der Waals surface area contributed by atoms with E-state index in [2.05, 4.69) is 29.5 Å². The van der Waals surface area contributed by atoms with Crippen molar-refractivity contribution in [2.24, 2.45) is 0 Å². The van der Waals surface area contributed by atoms with Crippen LogP contribution in [0.5, 0.6) is 5.75 Å². The smallest absolute Gasteiger partial charge is 0.127 e. The highest BCUT2D eigenvalue weighted by Crippen LogP contribution is 2.28. The van der Waals surface area contributed by atoms with Crippen LogP contribution in [-0.2, 0) is 6.54 Å². The molecule has 1 aromatic carbocycles. The Bertz CT molecular complexity index is 562. The van der Waals surface area contributed by atoms with Crippen LogP contribution in [0, 0.1) is 6.92 Å². The third-order valence-corrected chi connectivity index (χ3v) is 3.50. The number of rotatable bonds is 2. The van der Waals surface area contributed by atoms with E-state index in [-0.39, 0.29) is 0 Å². The molecule has 0 spiro atoms. The summed E-state index contributed by atoms with van der Waals surface area (Å²) in [5, 5.41) is 7.85. The van der Waals surface area contributed by atoms with Gasteiger partial charge < -0.3 is 10.1 Å². The first-order valence-corrected chi connectivity index (χ1v) is 6.18. The second-order valence-electron chi connectivity index (χ2n) is 4.71. The topological polar surface area (TPSA) is 39.1 Å². The van der Waals surface area contributed by atoms with E-state index < -0.39 is 0 Å². The predicted octanol–water partition coefficient (Wildman–Crippen LogP) is 2.41.